The third kappa shape index (κ3) is 8.30. The van der Waals surface area contributed by atoms with Crippen LogP contribution >= 0.6 is 15.9 Å². The Morgan fingerprint density at radius 2 is 2.07 bits per heavy atom. The van der Waals surface area contributed by atoms with E-state index in [1.807, 2.05) is 19.9 Å². The number of rotatable bonds is 7. The first-order valence-electron chi connectivity index (χ1n) is 5.25. The van der Waals surface area contributed by atoms with Crippen LogP contribution < -0.4 is 5.32 Å². The molecule has 0 aromatic carbocycles. The van der Waals surface area contributed by atoms with Crippen LogP contribution in [-0.2, 0) is 4.74 Å². The summed E-state index contributed by atoms with van der Waals surface area (Å²) >= 11 is 3.50. The highest BCUT2D eigenvalue weighted by molar-refractivity contribution is 9.11. The summed E-state index contributed by atoms with van der Waals surface area (Å²) in [6.07, 6.45) is 8.90. The lowest BCUT2D eigenvalue weighted by atomic mass is 10.3. The molecule has 0 aromatic heterocycles. The number of halogens is 1. The van der Waals surface area contributed by atoms with Crippen LogP contribution in [0.2, 0.25) is 0 Å². The maximum atomic E-state index is 5.08. The molecule has 0 aliphatic heterocycles. The molecule has 0 spiro atoms. The largest absolute Gasteiger partial charge is 0.502 e. The molecule has 0 aliphatic carbocycles. The first-order valence-corrected chi connectivity index (χ1v) is 6.05. The minimum Gasteiger partial charge on any atom is -0.502 e. The second kappa shape index (κ2) is 9.84. The highest BCUT2D eigenvalue weighted by Gasteiger charge is 1.92. The highest BCUT2D eigenvalue weighted by Crippen LogP contribution is 2.11. The molecule has 0 radical (unpaired) electrons. The van der Waals surface area contributed by atoms with E-state index in [9.17, 15) is 0 Å². The van der Waals surface area contributed by atoms with Gasteiger partial charge >= 0.3 is 0 Å². The van der Waals surface area contributed by atoms with Crippen molar-refractivity contribution in [3.8, 4) is 0 Å². The Morgan fingerprint density at radius 3 is 2.67 bits per heavy atom. The lowest BCUT2D eigenvalue weighted by Crippen LogP contribution is -2.11. The van der Waals surface area contributed by atoms with E-state index in [4.69, 9.17) is 4.74 Å². The first-order chi connectivity index (χ1) is 7.22. The van der Waals surface area contributed by atoms with Gasteiger partial charge in [0.15, 0.2) is 0 Å². The molecule has 2 nitrogen and oxygen atoms in total. The summed E-state index contributed by atoms with van der Waals surface area (Å²) in [5.74, 6) is 0. The summed E-state index contributed by atoms with van der Waals surface area (Å²) in [6.45, 7) is 7.62. The Kier molecular flexibility index (Phi) is 9.38. The van der Waals surface area contributed by atoms with Crippen LogP contribution in [0.15, 0.2) is 34.7 Å². The van der Waals surface area contributed by atoms with Crippen molar-refractivity contribution < 1.29 is 4.74 Å². The average Bonchev–Trinajstić information content (AvgIpc) is 2.25. The van der Waals surface area contributed by atoms with Crippen LogP contribution in [0.5, 0.6) is 0 Å². The molecule has 3 heteroatoms. The smallest absolute Gasteiger partial charge is 0.0845 e. The highest BCUT2D eigenvalue weighted by atomic mass is 79.9. The lowest BCUT2D eigenvalue weighted by molar-refractivity contribution is 0.268. The summed E-state index contributed by atoms with van der Waals surface area (Å²) in [6, 6.07) is 0. The third-order valence-electron chi connectivity index (χ3n) is 1.70. The molecule has 0 heterocycles. The monoisotopic (exact) mass is 273 g/mol. The number of hydrogen-bond acceptors (Lipinski definition) is 2. The van der Waals surface area contributed by atoms with Crippen LogP contribution in [0.3, 0.4) is 0 Å². The number of allylic oxidation sites excluding steroid dienone is 4. The van der Waals surface area contributed by atoms with E-state index < -0.39 is 0 Å². The number of hydrogen-bond donors (Lipinski definition) is 1. The van der Waals surface area contributed by atoms with Crippen LogP contribution in [-0.4, -0.2) is 13.2 Å². The Bertz CT molecular complexity index is 244. The average molecular weight is 274 g/mol. The van der Waals surface area contributed by atoms with Crippen LogP contribution in [0.4, 0.5) is 0 Å². The van der Waals surface area contributed by atoms with E-state index in [-0.39, 0.29) is 0 Å². The van der Waals surface area contributed by atoms with Crippen molar-refractivity contribution in [2.24, 2.45) is 0 Å². The Morgan fingerprint density at radius 1 is 1.33 bits per heavy atom. The molecule has 0 saturated heterocycles. The van der Waals surface area contributed by atoms with Crippen LogP contribution in [0, 0.1) is 0 Å². The minimum atomic E-state index is 0.717. The van der Waals surface area contributed by atoms with Gasteiger partial charge in [-0.2, -0.15) is 0 Å². The van der Waals surface area contributed by atoms with Crippen molar-refractivity contribution in [1.82, 2.24) is 5.32 Å². The van der Waals surface area contributed by atoms with Crippen LogP contribution in [0.1, 0.15) is 27.2 Å². The molecule has 0 amide bonds. The summed E-state index contributed by atoms with van der Waals surface area (Å²) in [7, 11) is 0. The van der Waals surface area contributed by atoms with Crippen molar-refractivity contribution in [2.45, 2.75) is 27.2 Å². The van der Waals surface area contributed by atoms with Gasteiger partial charge in [0.25, 0.3) is 0 Å². The summed E-state index contributed by atoms with van der Waals surface area (Å²) in [5, 5.41) is 3.26. The second-order valence-corrected chi connectivity index (χ2v) is 3.85. The minimum absolute atomic E-state index is 0.717. The normalized spacial score (nSPS) is 13.3. The fourth-order valence-corrected chi connectivity index (χ4v) is 1.18. The standard InChI is InChI=1S/C12H20BrNO/c1-4-6-8-12(13)11(3)14-9-7-10-15-5-2/h6-8,10,14H,4-5,9H2,1-3H3/b8-6-,10-7+,12-11-. The topological polar surface area (TPSA) is 21.3 Å². The van der Waals surface area contributed by atoms with E-state index in [0.29, 0.717) is 6.61 Å². The number of ether oxygens (including phenoxy) is 1. The first kappa shape index (κ1) is 14.3. The summed E-state index contributed by atoms with van der Waals surface area (Å²) in [4.78, 5) is 0. The van der Waals surface area contributed by atoms with Gasteiger partial charge in [0.1, 0.15) is 0 Å². The van der Waals surface area contributed by atoms with Gasteiger partial charge in [-0.05, 0) is 42.3 Å². The Balaban J connectivity index is 3.90. The molecule has 0 saturated carbocycles. The molecule has 86 valence electrons. The van der Waals surface area contributed by atoms with Crippen molar-refractivity contribution in [2.75, 3.05) is 13.2 Å². The summed E-state index contributed by atoms with van der Waals surface area (Å²) in [5.41, 5.74) is 1.13. The van der Waals surface area contributed by atoms with Gasteiger partial charge in [-0.3, -0.25) is 0 Å². The van der Waals surface area contributed by atoms with Gasteiger partial charge in [0.05, 0.1) is 12.9 Å². The predicted molar refractivity (Wildman–Crippen MR) is 69.8 cm³/mol. The van der Waals surface area contributed by atoms with Crippen molar-refractivity contribution >= 4 is 15.9 Å². The Hall–Kier alpha value is -0.700. The van der Waals surface area contributed by atoms with Crippen molar-refractivity contribution in [1.29, 1.82) is 0 Å². The molecular formula is C12H20BrNO. The maximum absolute atomic E-state index is 5.08. The second-order valence-electron chi connectivity index (χ2n) is 2.99. The van der Waals surface area contributed by atoms with Gasteiger partial charge in [0.2, 0.25) is 0 Å². The van der Waals surface area contributed by atoms with Crippen molar-refractivity contribution in [3.63, 3.8) is 0 Å². The van der Waals surface area contributed by atoms with E-state index in [2.05, 4.69) is 40.3 Å². The molecule has 15 heavy (non-hydrogen) atoms. The molecule has 0 fully saturated rings. The third-order valence-corrected chi connectivity index (χ3v) is 2.56. The van der Waals surface area contributed by atoms with E-state index in [1.165, 1.54) is 0 Å². The summed E-state index contributed by atoms with van der Waals surface area (Å²) < 4.78 is 6.17. The van der Waals surface area contributed by atoms with Gasteiger partial charge in [-0.1, -0.05) is 19.1 Å². The van der Waals surface area contributed by atoms with E-state index >= 15 is 0 Å². The predicted octanol–water partition coefficient (Wildman–Crippen LogP) is 3.72. The number of nitrogens with one attached hydrogen (secondary N) is 1. The fourth-order valence-electron chi connectivity index (χ4n) is 0.855. The SMILES string of the molecule is CC/C=C\C(Br)=C(/C)NC/C=C/OCC. The zero-order valence-electron chi connectivity index (χ0n) is 9.72. The molecule has 0 aliphatic rings. The van der Waals surface area contributed by atoms with Crippen molar-refractivity contribution in [3.05, 3.63) is 34.7 Å². The van der Waals surface area contributed by atoms with Gasteiger partial charge in [-0.25, -0.2) is 0 Å². The molecule has 0 unspecified atom stereocenters. The van der Waals surface area contributed by atoms with Gasteiger partial charge < -0.3 is 10.1 Å². The van der Waals surface area contributed by atoms with E-state index in [0.717, 1.165) is 23.1 Å². The maximum Gasteiger partial charge on any atom is 0.0845 e. The molecular weight excluding hydrogens is 254 g/mol. The molecule has 1 N–H and O–H groups in total. The molecule has 0 atom stereocenters. The quantitative estimate of drug-likeness (QED) is 0.564. The zero-order chi connectivity index (χ0) is 11.5. The van der Waals surface area contributed by atoms with E-state index in [1.54, 1.807) is 6.26 Å². The molecule has 0 bridgehead atoms. The zero-order valence-corrected chi connectivity index (χ0v) is 11.3. The lowest BCUT2D eigenvalue weighted by Gasteiger charge is -2.04. The van der Waals surface area contributed by atoms with Gasteiger partial charge in [-0.15, -0.1) is 0 Å². The van der Waals surface area contributed by atoms with Gasteiger partial charge in [0, 0.05) is 16.7 Å². The fraction of sp³-hybridized carbons (Fsp3) is 0.500. The Labute approximate surface area is 101 Å². The molecule has 0 aromatic rings. The van der Waals surface area contributed by atoms with Crippen LogP contribution in [0.25, 0.3) is 0 Å². The molecule has 0 rings (SSSR count).